The molecule has 2 heterocycles. The normalized spacial score (nSPS) is 11.1. The van der Waals surface area contributed by atoms with Crippen LogP contribution in [-0.2, 0) is 0 Å². The van der Waals surface area contributed by atoms with Crippen molar-refractivity contribution in [3.63, 3.8) is 0 Å². The van der Waals surface area contributed by atoms with Gasteiger partial charge in [-0.3, -0.25) is 4.79 Å². The third kappa shape index (κ3) is 2.57. The molecular formula is C17H18N4O. The zero-order valence-corrected chi connectivity index (χ0v) is 12.9. The Bertz CT molecular complexity index is 836. The van der Waals surface area contributed by atoms with Crippen molar-refractivity contribution in [2.75, 3.05) is 5.32 Å². The lowest BCUT2D eigenvalue weighted by Gasteiger charge is -2.08. The zero-order valence-electron chi connectivity index (χ0n) is 12.9. The topological polar surface area (TPSA) is 59.8 Å². The summed E-state index contributed by atoms with van der Waals surface area (Å²) in [4.78, 5) is 16.7. The van der Waals surface area contributed by atoms with Crippen molar-refractivity contribution in [2.24, 2.45) is 0 Å². The van der Waals surface area contributed by atoms with Crippen LogP contribution in [0, 0.1) is 6.92 Å². The summed E-state index contributed by atoms with van der Waals surface area (Å²) < 4.78 is 1.86. The first-order valence-corrected chi connectivity index (χ1v) is 7.26. The molecule has 1 aromatic carbocycles. The van der Waals surface area contributed by atoms with Gasteiger partial charge in [-0.05, 0) is 38.5 Å². The molecule has 22 heavy (non-hydrogen) atoms. The van der Waals surface area contributed by atoms with Gasteiger partial charge >= 0.3 is 0 Å². The molecule has 0 aliphatic heterocycles. The van der Waals surface area contributed by atoms with Crippen molar-refractivity contribution in [2.45, 2.75) is 26.8 Å². The summed E-state index contributed by atoms with van der Waals surface area (Å²) in [7, 11) is 0. The van der Waals surface area contributed by atoms with Gasteiger partial charge in [0.25, 0.3) is 5.91 Å². The van der Waals surface area contributed by atoms with Gasteiger partial charge in [-0.1, -0.05) is 18.2 Å². The Hall–Kier alpha value is -2.69. The Kier molecular flexibility index (Phi) is 3.63. The first-order valence-electron chi connectivity index (χ1n) is 7.26. The molecule has 5 nitrogen and oxygen atoms in total. The van der Waals surface area contributed by atoms with Crippen molar-refractivity contribution >= 4 is 22.6 Å². The van der Waals surface area contributed by atoms with Crippen molar-refractivity contribution < 1.29 is 4.79 Å². The highest BCUT2D eigenvalue weighted by Crippen LogP contribution is 2.20. The lowest BCUT2D eigenvalue weighted by atomic mass is 10.1. The van der Waals surface area contributed by atoms with Crippen molar-refractivity contribution in [3.8, 4) is 0 Å². The Morgan fingerprint density at radius 3 is 2.73 bits per heavy atom. The maximum absolute atomic E-state index is 12.3. The average Bonchev–Trinajstić information content (AvgIpc) is 2.91. The lowest BCUT2D eigenvalue weighted by Crippen LogP contribution is -2.13. The fourth-order valence-electron chi connectivity index (χ4n) is 2.41. The molecule has 3 aromatic rings. The van der Waals surface area contributed by atoms with Gasteiger partial charge in [-0.25, -0.2) is 9.67 Å². The highest BCUT2D eigenvalue weighted by atomic mass is 16.1. The van der Waals surface area contributed by atoms with E-state index in [4.69, 9.17) is 0 Å². The van der Waals surface area contributed by atoms with Crippen LogP contribution in [-0.4, -0.2) is 20.7 Å². The first kappa shape index (κ1) is 14.3. The molecule has 1 amide bonds. The van der Waals surface area contributed by atoms with Crippen LogP contribution in [0.1, 0.15) is 35.8 Å². The maximum atomic E-state index is 12.3. The number of fused-ring (bicyclic) bond motifs is 1. The Morgan fingerprint density at radius 1 is 1.23 bits per heavy atom. The Morgan fingerprint density at radius 2 is 2.00 bits per heavy atom. The molecule has 0 aliphatic carbocycles. The van der Waals surface area contributed by atoms with Gasteiger partial charge in [0.05, 0.1) is 18.1 Å². The van der Waals surface area contributed by atoms with Gasteiger partial charge in [-0.2, -0.15) is 5.10 Å². The summed E-state index contributed by atoms with van der Waals surface area (Å²) in [5.74, 6) is -0.129. The number of benzene rings is 1. The molecular weight excluding hydrogens is 276 g/mol. The second-order valence-corrected chi connectivity index (χ2v) is 5.59. The molecule has 0 saturated heterocycles. The Labute approximate surface area is 129 Å². The first-order chi connectivity index (χ1) is 10.6. The highest BCUT2D eigenvalue weighted by molar-refractivity contribution is 6.05. The number of aryl methyl sites for hydroxylation is 1. The van der Waals surface area contributed by atoms with E-state index in [-0.39, 0.29) is 11.9 Å². The fourth-order valence-corrected chi connectivity index (χ4v) is 2.41. The summed E-state index contributed by atoms with van der Waals surface area (Å²) in [6.45, 7) is 6.03. The van der Waals surface area contributed by atoms with Crippen molar-refractivity contribution in [1.82, 2.24) is 14.8 Å². The molecule has 1 N–H and O–H groups in total. The van der Waals surface area contributed by atoms with Crippen LogP contribution >= 0.6 is 0 Å². The predicted octanol–water partition coefficient (Wildman–Crippen LogP) is 3.57. The molecule has 112 valence electrons. The smallest absolute Gasteiger partial charge is 0.255 e. The number of pyridine rings is 1. The minimum Gasteiger partial charge on any atom is -0.321 e. The van der Waals surface area contributed by atoms with Gasteiger partial charge in [0.15, 0.2) is 5.65 Å². The summed E-state index contributed by atoms with van der Waals surface area (Å²) in [5.41, 5.74) is 3.11. The van der Waals surface area contributed by atoms with Crippen LogP contribution in [0.2, 0.25) is 0 Å². The minimum atomic E-state index is -0.129. The van der Waals surface area contributed by atoms with Crippen molar-refractivity contribution in [3.05, 3.63) is 53.9 Å². The van der Waals surface area contributed by atoms with Crippen LogP contribution in [0.4, 0.5) is 5.69 Å². The summed E-state index contributed by atoms with van der Waals surface area (Å²) in [5, 5.41) is 8.13. The third-order valence-electron chi connectivity index (χ3n) is 3.57. The van der Waals surface area contributed by atoms with Crippen LogP contribution in [0.5, 0.6) is 0 Å². The van der Waals surface area contributed by atoms with E-state index in [1.807, 2.05) is 41.9 Å². The van der Waals surface area contributed by atoms with Crippen LogP contribution < -0.4 is 5.32 Å². The van der Waals surface area contributed by atoms with Crippen LogP contribution in [0.25, 0.3) is 11.0 Å². The minimum absolute atomic E-state index is 0.129. The van der Waals surface area contributed by atoms with Gasteiger partial charge in [0.1, 0.15) is 0 Å². The molecule has 0 radical (unpaired) electrons. The SMILES string of the molecule is Cc1ccccc1C(=O)Nc1cnc2c(cnn2C(C)C)c1. The number of carbonyl (C=O) groups is 1. The van der Waals surface area contributed by atoms with E-state index in [0.717, 1.165) is 16.6 Å². The Balaban J connectivity index is 1.88. The van der Waals surface area contributed by atoms with Gasteiger partial charge < -0.3 is 5.32 Å². The number of aromatic nitrogens is 3. The quantitative estimate of drug-likeness (QED) is 0.803. The number of anilines is 1. The van der Waals surface area contributed by atoms with Crippen LogP contribution in [0.3, 0.4) is 0 Å². The molecule has 0 unspecified atom stereocenters. The van der Waals surface area contributed by atoms with E-state index in [9.17, 15) is 4.79 Å². The molecule has 0 bridgehead atoms. The largest absolute Gasteiger partial charge is 0.321 e. The predicted molar refractivity (Wildman–Crippen MR) is 87.0 cm³/mol. The number of hydrogen-bond donors (Lipinski definition) is 1. The summed E-state index contributed by atoms with van der Waals surface area (Å²) >= 11 is 0. The van der Waals surface area contributed by atoms with E-state index in [0.29, 0.717) is 11.3 Å². The summed E-state index contributed by atoms with van der Waals surface area (Å²) in [6.07, 6.45) is 3.44. The number of amides is 1. The number of nitrogens with zero attached hydrogens (tertiary/aromatic N) is 3. The van der Waals surface area contributed by atoms with Gasteiger partial charge in [0.2, 0.25) is 0 Å². The zero-order chi connectivity index (χ0) is 15.7. The number of hydrogen-bond acceptors (Lipinski definition) is 3. The molecule has 0 saturated carbocycles. The monoisotopic (exact) mass is 294 g/mol. The number of carbonyl (C=O) groups excluding carboxylic acids is 1. The lowest BCUT2D eigenvalue weighted by molar-refractivity contribution is 0.102. The van der Waals surface area contributed by atoms with Crippen molar-refractivity contribution in [1.29, 1.82) is 0 Å². The third-order valence-corrected chi connectivity index (χ3v) is 3.57. The second-order valence-electron chi connectivity index (χ2n) is 5.59. The van der Waals surface area contributed by atoms with Gasteiger partial charge in [-0.15, -0.1) is 0 Å². The molecule has 0 fully saturated rings. The molecule has 0 spiro atoms. The van der Waals surface area contributed by atoms with E-state index in [1.54, 1.807) is 12.4 Å². The number of nitrogens with one attached hydrogen (secondary N) is 1. The van der Waals surface area contributed by atoms with Crippen LogP contribution in [0.15, 0.2) is 42.7 Å². The molecule has 0 atom stereocenters. The molecule has 2 aromatic heterocycles. The van der Waals surface area contributed by atoms with E-state index >= 15 is 0 Å². The summed E-state index contributed by atoms with van der Waals surface area (Å²) in [6, 6.07) is 9.65. The second kappa shape index (κ2) is 5.60. The number of rotatable bonds is 3. The molecule has 0 aliphatic rings. The van der Waals surface area contributed by atoms with E-state index in [1.165, 1.54) is 0 Å². The molecule has 5 heteroatoms. The van der Waals surface area contributed by atoms with E-state index in [2.05, 4.69) is 29.2 Å². The van der Waals surface area contributed by atoms with E-state index < -0.39 is 0 Å². The maximum Gasteiger partial charge on any atom is 0.255 e. The molecule has 3 rings (SSSR count). The standard InChI is InChI=1S/C17H18N4O/c1-11(2)21-16-13(9-19-21)8-14(10-18-16)20-17(22)15-7-5-4-6-12(15)3/h4-11H,1-3H3,(H,20,22). The fraction of sp³-hybridized carbons (Fsp3) is 0.235. The average molecular weight is 294 g/mol. The van der Waals surface area contributed by atoms with Gasteiger partial charge in [0, 0.05) is 17.0 Å². The highest BCUT2D eigenvalue weighted by Gasteiger charge is 2.11.